The molecule has 0 unspecified atom stereocenters. The van der Waals surface area contributed by atoms with Gasteiger partial charge in [0.05, 0.1) is 12.6 Å². The number of hydrogen-bond donors (Lipinski definition) is 1. The highest BCUT2D eigenvalue weighted by Gasteiger charge is 2.27. The molecule has 1 aromatic heterocycles. The molecule has 7 heteroatoms. The minimum absolute atomic E-state index is 0.00735. The van der Waals surface area contributed by atoms with Gasteiger partial charge in [-0.1, -0.05) is 18.2 Å². The minimum atomic E-state index is -0.0182. The van der Waals surface area contributed by atoms with Crippen LogP contribution in [0.15, 0.2) is 42.7 Å². The lowest BCUT2D eigenvalue weighted by Gasteiger charge is -2.36. The van der Waals surface area contributed by atoms with Crippen molar-refractivity contribution in [3.05, 3.63) is 48.3 Å². The van der Waals surface area contributed by atoms with Crippen LogP contribution in [0.4, 0.5) is 10.7 Å². The van der Waals surface area contributed by atoms with Gasteiger partial charge < -0.3 is 19.9 Å². The number of ether oxygens (including phenoxy) is 1. The molecule has 7 nitrogen and oxygen atoms in total. The first kappa shape index (κ1) is 15.7. The quantitative estimate of drug-likeness (QED) is 0.904. The number of nitrogens with zero attached hydrogens (tertiary/aromatic N) is 4. The molecule has 2 amide bonds. The van der Waals surface area contributed by atoms with Gasteiger partial charge >= 0.3 is 6.03 Å². The zero-order chi connectivity index (χ0) is 17.1. The van der Waals surface area contributed by atoms with E-state index in [0.717, 1.165) is 36.8 Å². The van der Waals surface area contributed by atoms with E-state index in [1.807, 2.05) is 29.2 Å². The second kappa shape index (κ2) is 6.96. The summed E-state index contributed by atoms with van der Waals surface area (Å²) >= 11 is 0. The Morgan fingerprint density at radius 3 is 2.64 bits per heavy atom. The van der Waals surface area contributed by atoms with E-state index in [1.165, 1.54) is 0 Å². The van der Waals surface area contributed by atoms with Gasteiger partial charge in [-0.05, 0) is 12.1 Å². The number of piperazine rings is 1. The predicted octanol–water partition coefficient (Wildman–Crippen LogP) is 1.83. The fourth-order valence-corrected chi connectivity index (χ4v) is 3.30. The van der Waals surface area contributed by atoms with Gasteiger partial charge in [-0.2, -0.15) is 0 Å². The molecule has 2 aliphatic heterocycles. The minimum Gasteiger partial charge on any atom is -0.493 e. The Hall–Kier alpha value is -2.83. The third-order valence-electron chi connectivity index (χ3n) is 4.66. The molecule has 0 radical (unpaired) electrons. The Labute approximate surface area is 146 Å². The molecule has 1 fully saturated rings. The van der Waals surface area contributed by atoms with E-state index in [-0.39, 0.29) is 12.1 Å². The molecule has 25 heavy (non-hydrogen) atoms. The Bertz CT molecular complexity index is 731. The second-order valence-electron chi connectivity index (χ2n) is 6.20. The molecule has 1 saturated heterocycles. The number of nitrogens with one attached hydrogen (secondary N) is 1. The SMILES string of the molecule is O=C(N[C@H]1CCOc2ccccc21)N1CCN(c2ncccn2)CC1. The van der Waals surface area contributed by atoms with Gasteiger partial charge in [0, 0.05) is 50.6 Å². The summed E-state index contributed by atoms with van der Waals surface area (Å²) in [4.78, 5) is 25.2. The van der Waals surface area contributed by atoms with Crippen LogP contribution in [0.2, 0.25) is 0 Å². The van der Waals surface area contributed by atoms with Gasteiger partial charge in [0.2, 0.25) is 5.95 Å². The first-order chi connectivity index (χ1) is 12.3. The van der Waals surface area contributed by atoms with Crippen LogP contribution in [0.25, 0.3) is 0 Å². The monoisotopic (exact) mass is 339 g/mol. The molecule has 0 spiro atoms. The largest absolute Gasteiger partial charge is 0.493 e. The van der Waals surface area contributed by atoms with E-state index in [2.05, 4.69) is 20.2 Å². The lowest BCUT2D eigenvalue weighted by molar-refractivity contribution is 0.183. The standard InChI is InChI=1S/C18H21N5O2/c24-18(21-15-6-13-25-16-5-2-1-4-14(15)16)23-11-9-22(10-12-23)17-19-7-3-8-20-17/h1-5,7-8,15H,6,9-13H2,(H,21,24)/t15-/m0/s1. The summed E-state index contributed by atoms with van der Waals surface area (Å²) in [5.41, 5.74) is 1.05. The zero-order valence-corrected chi connectivity index (χ0v) is 14.0. The predicted molar refractivity (Wildman–Crippen MR) is 93.6 cm³/mol. The third kappa shape index (κ3) is 3.35. The van der Waals surface area contributed by atoms with Crippen molar-refractivity contribution in [2.24, 2.45) is 0 Å². The highest BCUT2D eigenvalue weighted by molar-refractivity contribution is 5.75. The van der Waals surface area contributed by atoms with Gasteiger partial charge in [-0.15, -0.1) is 0 Å². The number of anilines is 1. The summed E-state index contributed by atoms with van der Waals surface area (Å²) in [6.45, 7) is 3.43. The van der Waals surface area contributed by atoms with Gasteiger partial charge in [-0.25, -0.2) is 14.8 Å². The molecule has 1 N–H and O–H groups in total. The molecule has 0 saturated carbocycles. The van der Waals surface area contributed by atoms with Crippen molar-refractivity contribution in [1.82, 2.24) is 20.2 Å². The van der Waals surface area contributed by atoms with E-state index in [9.17, 15) is 4.79 Å². The Morgan fingerprint density at radius 2 is 1.84 bits per heavy atom. The number of hydrogen-bond acceptors (Lipinski definition) is 5. The van der Waals surface area contributed by atoms with E-state index in [4.69, 9.17) is 4.74 Å². The van der Waals surface area contributed by atoms with Crippen molar-refractivity contribution in [3.63, 3.8) is 0 Å². The fourth-order valence-electron chi connectivity index (χ4n) is 3.30. The molecule has 130 valence electrons. The molecule has 0 bridgehead atoms. The van der Waals surface area contributed by atoms with Gasteiger partial charge in [0.15, 0.2) is 0 Å². The van der Waals surface area contributed by atoms with Crippen molar-refractivity contribution in [1.29, 1.82) is 0 Å². The number of urea groups is 1. The molecular formula is C18H21N5O2. The highest BCUT2D eigenvalue weighted by atomic mass is 16.5. The van der Waals surface area contributed by atoms with Gasteiger partial charge in [-0.3, -0.25) is 0 Å². The summed E-state index contributed by atoms with van der Waals surface area (Å²) in [6.07, 6.45) is 4.27. The van der Waals surface area contributed by atoms with Crippen LogP contribution < -0.4 is 15.0 Å². The van der Waals surface area contributed by atoms with Crippen LogP contribution >= 0.6 is 0 Å². The Kier molecular flexibility index (Phi) is 4.37. The van der Waals surface area contributed by atoms with Gasteiger partial charge in [0.1, 0.15) is 5.75 Å². The van der Waals surface area contributed by atoms with E-state index >= 15 is 0 Å². The maximum absolute atomic E-state index is 12.6. The first-order valence-electron chi connectivity index (χ1n) is 8.60. The molecule has 3 heterocycles. The number of rotatable bonds is 2. The smallest absolute Gasteiger partial charge is 0.318 e. The normalized spacial score (nSPS) is 19.8. The summed E-state index contributed by atoms with van der Waals surface area (Å²) in [5.74, 6) is 1.59. The Balaban J connectivity index is 1.36. The lowest BCUT2D eigenvalue weighted by Crippen LogP contribution is -2.53. The maximum atomic E-state index is 12.6. The number of aromatic nitrogens is 2. The van der Waals surface area contributed by atoms with Crippen LogP contribution in [-0.4, -0.2) is 53.7 Å². The summed E-state index contributed by atoms with van der Waals surface area (Å²) in [6, 6.07) is 9.69. The van der Waals surface area contributed by atoms with E-state index < -0.39 is 0 Å². The van der Waals surface area contributed by atoms with Crippen LogP contribution in [0.5, 0.6) is 5.75 Å². The molecular weight excluding hydrogens is 318 g/mol. The summed E-state index contributed by atoms with van der Waals surface area (Å²) in [5, 5.41) is 3.16. The first-order valence-corrected chi connectivity index (χ1v) is 8.60. The third-order valence-corrected chi connectivity index (χ3v) is 4.66. The average Bonchev–Trinajstić information content (AvgIpc) is 2.69. The van der Waals surface area contributed by atoms with Crippen LogP contribution in [-0.2, 0) is 0 Å². The number of carbonyl (C=O) groups excluding carboxylic acids is 1. The number of carbonyl (C=O) groups is 1. The van der Waals surface area contributed by atoms with Gasteiger partial charge in [0.25, 0.3) is 0 Å². The van der Waals surface area contributed by atoms with Crippen molar-refractivity contribution < 1.29 is 9.53 Å². The number of para-hydroxylation sites is 1. The van der Waals surface area contributed by atoms with Crippen molar-refractivity contribution >= 4 is 12.0 Å². The number of benzene rings is 1. The fraction of sp³-hybridized carbons (Fsp3) is 0.389. The van der Waals surface area contributed by atoms with Crippen LogP contribution in [0.1, 0.15) is 18.0 Å². The maximum Gasteiger partial charge on any atom is 0.318 e. The van der Waals surface area contributed by atoms with E-state index in [1.54, 1.807) is 18.5 Å². The zero-order valence-electron chi connectivity index (χ0n) is 14.0. The molecule has 2 aromatic rings. The molecule has 1 atom stereocenters. The van der Waals surface area contributed by atoms with Crippen LogP contribution in [0, 0.1) is 0 Å². The molecule has 2 aliphatic rings. The van der Waals surface area contributed by atoms with Crippen molar-refractivity contribution in [2.75, 3.05) is 37.7 Å². The molecule has 1 aromatic carbocycles. The lowest BCUT2D eigenvalue weighted by atomic mass is 10.0. The number of amides is 2. The highest BCUT2D eigenvalue weighted by Crippen LogP contribution is 2.31. The molecule has 4 rings (SSSR count). The van der Waals surface area contributed by atoms with E-state index in [0.29, 0.717) is 19.7 Å². The summed E-state index contributed by atoms with van der Waals surface area (Å²) < 4.78 is 5.66. The van der Waals surface area contributed by atoms with Crippen molar-refractivity contribution in [2.45, 2.75) is 12.5 Å². The van der Waals surface area contributed by atoms with Crippen LogP contribution in [0.3, 0.4) is 0 Å². The number of fused-ring (bicyclic) bond motifs is 1. The second-order valence-corrected chi connectivity index (χ2v) is 6.20. The summed E-state index contributed by atoms with van der Waals surface area (Å²) in [7, 11) is 0. The Morgan fingerprint density at radius 1 is 1.08 bits per heavy atom. The average molecular weight is 339 g/mol. The molecule has 0 aliphatic carbocycles. The van der Waals surface area contributed by atoms with Crippen molar-refractivity contribution in [3.8, 4) is 5.75 Å². The topological polar surface area (TPSA) is 70.6 Å².